The number of sulfonamides is 1. The Morgan fingerprint density at radius 1 is 0.719 bits per heavy atom. The van der Waals surface area contributed by atoms with E-state index in [0.717, 1.165) is 0 Å². The average molecular weight is 469 g/mol. The molecule has 166 valence electrons. The van der Waals surface area contributed by atoms with Gasteiger partial charge in [0.1, 0.15) is 0 Å². The van der Waals surface area contributed by atoms with E-state index >= 15 is 0 Å². The van der Waals surface area contributed by atoms with Gasteiger partial charge in [0.05, 0.1) is 15.3 Å². The van der Waals surface area contributed by atoms with Crippen LogP contribution in [-0.4, -0.2) is 38.2 Å². The SMILES string of the molecule is CCN(CC)S(=O)(=O)c1ccccc1-c1cn(S(=O)(=O)c2ccccc2)c2ccccc12. The topological polar surface area (TPSA) is 76.5 Å². The number of nitrogens with zero attached hydrogens (tertiary/aromatic N) is 2. The molecule has 4 rings (SSSR count). The van der Waals surface area contributed by atoms with E-state index < -0.39 is 20.0 Å². The van der Waals surface area contributed by atoms with Gasteiger partial charge in [0.25, 0.3) is 10.0 Å². The van der Waals surface area contributed by atoms with Crippen molar-refractivity contribution in [3.63, 3.8) is 0 Å². The fourth-order valence-corrected chi connectivity index (χ4v) is 6.94. The summed E-state index contributed by atoms with van der Waals surface area (Å²) in [5, 5.41) is 0.661. The first-order valence-electron chi connectivity index (χ1n) is 10.3. The highest BCUT2D eigenvalue weighted by Crippen LogP contribution is 2.37. The van der Waals surface area contributed by atoms with Gasteiger partial charge in [-0.25, -0.2) is 20.8 Å². The van der Waals surface area contributed by atoms with E-state index in [9.17, 15) is 16.8 Å². The maximum atomic E-state index is 13.4. The van der Waals surface area contributed by atoms with Crippen LogP contribution in [-0.2, 0) is 20.0 Å². The minimum Gasteiger partial charge on any atom is -0.241 e. The summed E-state index contributed by atoms with van der Waals surface area (Å²) >= 11 is 0. The van der Waals surface area contributed by atoms with Crippen molar-refractivity contribution < 1.29 is 16.8 Å². The molecule has 0 fully saturated rings. The molecule has 6 nitrogen and oxygen atoms in total. The molecule has 0 bridgehead atoms. The van der Waals surface area contributed by atoms with Gasteiger partial charge in [-0.05, 0) is 24.3 Å². The highest BCUT2D eigenvalue weighted by Gasteiger charge is 2.28. The number of aromatic nitrogens is 1. The molecule has 0 aliphatic carbocycles. The Bertz CT molecular complexity index is 1470. The van der Waals surface area contributed by atoms with Crippen molar-refractivity contribution >= 4 is 30.9 Å². The Labute approximate surface area is 188 Å². The van der Waals surface area contributed by atoms with Gasteiger partial charge < -0.3 is 0 Å². The second-order valence-corrected chi connectivity index (χ2v) is 11.0. The van der Waals surface area contributed by atoms with Crippen LogP contribution in [0, 0.1) is 0 Å². The van der Waals surface area contributed by atoms with Crippen LogP contribution in [0.5, 0.6) is 0 Å². The zero-order valence-corrected chi connectivity index (χ0v) is 19.5. The van der Waals surface area contributed by atoms with E-state index in [1.165, 1.54) is 14.5 Å². The summed E-state index contributed by atoms with van der Waals surface area (Å²) in [6.07, 6.45) is 1.52. The van der Waals surface area contributed by atoms with Crippen molar-refractivity contribution in [3.05, 3.63) is 85.1 Å². The lowest BCUT2D eigenvalue weighted by Crippen LogP contribution is -2.30. The van der Waals surface area contributed by atoms with Gasteiger partial charge in [0.15, 0.2) is 0 Å². The molecular weight excluding hydrogens is 444 g/mol. The van der Waals surface area contributed by atoms with Crippen LogP contribution in [0.15, 0.2) is 94.9 Å². The Morgan fingerprint density at radius 3 is 2.00 bits per heavy atom. The first-order valence-corrected chi connectivity index (χ1v) is 13.2. The predicted octanol–water partition coefficient (Wildman–Crippen LogP) is 4.58. The average Bonchev–Trinajstić information content (AvgIpc) is 3.21. The van der Waals surface area contributed by atoms with Crippen LogP contribution in [0.2, 0.25) is 0 Å². The van der Waals surface area contributed by atoms with E-state index in [4.69, 9.17) is 0 Å². The van der Waals surface area contributed by atoms with Gasteiger partial charge in [0.2, 0.25) is 10.0 Å². The molecule has 0 saturated heterocycles. The maximum absolute atomic E-state index is 13.4. The molecule has 1 aromatic heterocycles. The predicted molar refractivity (Wildman–Crippen MR) is 127 cm³/mol. The number of hydrogen-bond donors (Lipinski definition) is 0. The van der Waals surface area contributed by atoms with Crippen molar-refractivity contribution in [2.45, 2.75) is 23.6 Å². The van der Waals surface area contributed by atoms with Gasteiger partial charge in [-0.1, -0.05) is 68.4 Å². The molecule has 0 aliphatic heterocycles. The molecule has 4 aromatic rings. The lowest BCUT2D eigenvalue weighted by molar-refractivity contribution is 0.445. The fourth-order valence-electron chi connectivity index (χ4n) is 3.89. The second-order valence-electron chi connectivity index (χ2n) is 7.26. The molecule has 0 aliphatic rings. The zero-order valence-electron chi connectivity index (χ0n) is 17.8. The summed E-state index contributed by atoms with van der Waals surface area (Å²) in [6, 6.07) is 22.0. The van der Waals surface area contributed by atoms with Gasteiger partial charge >= 0.3 is 0 Å². The number of fused-ring (bicyclic) bond motifs is 1. The summed E-state index contributed by atoms with van der Waals surface area (Å²) in [5.74, 6) is 0. The van der Waals surface area contributed by atoms with Crippen LogP contribution in [0.1, 0.15) is 13.8 Å². The fraction of sp³-hybridized carbons (Fsp3) is 0.167. The molecule has 0 saturated carbocycles. The summed E-state index contributed by atoms with van der Waals surface area (Å²) < 4.78 is 56.1. The van der Waals surface area contributed by atoms with Crippen LogP contribution < -0.4 is 0 Å². The van der Waals surface area contributed by atoms with Crippen molar-refractivity contribution in [2.24, 2.45) is 0 Å². The standard InChI is InChI=1S/C24H24N2O4S2/c1-3-25(4-2)32(29,30)24-17-11-9-15-21(24)22-18-26(23-16-10-8-14-20(22)23)31(27,28)19-12-6-5-7-13-19/h5-18H,3-4H2,1-2H3. The monoisotopic (exact) mass is 468 g/mol. The molecule has 0 atom stereocenters. The summed E-state index contributed by atoms with van der Waals surface area (Å²) in [7, 11) is -7.62. The van der Waals surface area contributed by atoms with Crippen molar-refractivity contribution in [3.8, 4) is 11.1 Å². The number of hydrogen-bond acceptors (Lipinski definition) is 4. The van der Waals surface area contributed by atoms with Crippen molar-refractivity contribution in [1.29, 1.82) is 0 Å². The highest BCUT2D eigenvalue weighted by atomic mass is 32.2. The number of rotatable bonds is 7. The lowest BCUT2D eigenvalue weighted by atomic mass is 10.1. The molecule has 0 N–H and O–H groups in total. The summed E-state index contributed by atoms with van der Waals surface area (Å²) in [5.41, 5.74) is 1.51. The van der Waals surface area contributed by atoms with Gasteiger partial charge in [-0.3, -0.25) is 0 Å². The largest absolute Gasteiger partial charge is 0.268 e. The normalized spacial score (nSPS) is 12.5. The first-order chi connectivity index (χ1) is 15.3. The third kappa shape index (κ3) is 3.64. The lowest BCUT2D eigenvalue weighted by Gasteiger charge is -2.20. The molecule has 0 spiro atoms. The molecule has 0 unspecified atom stereocenters. The van der Waals surface area contributed by atoms with Crippen molar-refractivity contribution in [2.75, 3.05) is 13.1 Å². The zero-order chi connectivity index (χ0) is 22.9. The Hall–Kier alpha value is -2.94. The van der Waals surface area contributed by atoms with Crippen LogP contribution in [0.4, 0.5) is 0 Å². The summed E-state index contributed by atoms with van der Waals surface area (Å²) in [6.45, 7) is 4.28. The van der Waals surface area contributed by atoms with Crippen LogP contribution >= 0.6 is 0 Å². The number of benzene rings is 3. The quantitative estimate of drug-likeness (QED) is 0.398. The molecular formula is C24H24N2O4S2. The van der Waals surface area contributed by atoms with E-state index in [1.807, 2.05) is 12.1 Å². The molecule has 3 aromatic carbocycles. The van der Waals surface area contributed by atoms with E-state index in [2.05, 4.69) is 0 Å². The van der Waals surface area contributed by atoms with Gasteiger partial charge in [-0.2, -0.15) is 4.31 Å². The second kappa shape index (κ2) is 8.54. The minimum atomic E-state index is -3.87. The van der Waals surface area contributed by atoms with E-state index in [1.54, 1.807) is 80.6 Å². The molecule has 32 heavy (non-hydrogen) atoms. The molecule has 0 radical (unpaired) electrons. The van der Waals surface area contributed by atoms with E-state index in [-0.39, 0.29) is 9.79 Å². The Balaban J connectivity index is 2.01. The molecule has 0 amide bonds. The van der Waals surface area contributed by atoms with Gasteiger partial charge in [0, 0.05) is 35.8 Å². The molecule has 1 heterocycles. The van der Waals surface area contributed by atoms with Gasteiger partial charge in [-0.15, -0.1) is 0 Å². The van der Waals surface area contributed by atoms with E-state index in [0.29, 0.717) is 35.1 Å². The number of para-hydroxylation sites is 1. The Kier molecular flexibility index (Phi) is 5.94. The third-order valence-corrected chi connectivity index (χ3v) is 9.27. The maximum Gasteiger partial charge on any atom is 0.268 e. The third-order valence-electron chi connectivity index (χ3n) is 5.48. The van der Waals surface area contributed by atoms with Crippen LogP contribution in [0.3, 0.4) is 0 Å². The Morgan fingerprint density at radius 2 is 1.31 bits per heavy atom. The minimum absolute atomic E-state index is 0.156. The molecule has 8 heteroatoms. The van der Waals surface area contributed by atoms with Crippen molar-refractivity contribution in [1.82, 2.24) is 8.28 Å². The summed E-state index contributed by atoms with van der Waals surface area (Å²) in [4.78, 5) is 0.320. The smallest absolute Gasteiger partial charge is 0.241 e. The highest BCUT2D eigenvalue weighted by molar-refractivity contribution is 7.90. The van der Waals surface area contributed by atoms with Crippen LogP contribution in [0.25, 0.3) is 22.0 Å². The first kappa shape index (κ1) is 22.3.